The zero-order valence-corrected chi connectivity index (χ0v) is 12.7. The number of morpholine rings is 1. The zero-order valence-electron chi connectivity index (χ0n) is 12.7. The number of likely N-dealkylation sites (N-methyl/N-ethyl adjacent to an activating group) is 1. The van der Waals surface area contributed by atoms with Crippen molar-refractivity contribution in [2.45, 2.75) is 39.3 Å². The van der Waals surface area contributed by atoms with Crippen molar-refractivity contribution in [2.75, 3.05) is 31.6 Å². The van der Waals surface area contributed by atoms with Crippen molar-refractivity contribution in [1.29, 1.82) is 0 Å². The van der Waals surface area contributed by atoms with Gasteiger partial charge in [0, 0.05) is 12.7 Å². The largest absolute Gasteiger partial charge is 0.378 e. The lowest BCUT2D eigenvalue weighted by Gasteiger charge is -2.33. The van der Waals surface area contributed by atoms with E-state index in [-0.39, 0.29) is 17.5 Å². The molecule has 0 aliphatic carbocycles. The molecule has 1 amide bonds. The molecule has 6 nitrogen and oxygen atoms in total. The van der Waals surface area contributed by atoms with Gasteiger partial charge in [0.2, 0.25) is 5.91 Å². The highest BCUT2D eigenvalue weighted by Crippen LogP contribution is 2.16. The predicted octanol–water partition coefficient (Wildman–Crippen LogP) is 1.30. The average molecular weight is 280 g/mol. The summed E-state index contributed by atoms with van der Waals surface area (Å²) >= 11 is 0. The van der Waals surface area contributed by atoms with Crippen molar-refractivity contribution in [3.63, 3.8) is 0 Å². The molecular formula is C14H24N4O2. The Morgan fingerprint density at radius 3 is 2.90 bits per heavy atom. The maximum absolute atomic E-state index is 12.3. The number of anilines is 1. The van der Waals surface area contributed by atoms with Crippen LogP contribution in [0.2, 0.25) is 0 Å². The van der Waals surface area contributed by atoms with E-state index in [4.69, 9.17) is 4.74 Å². The summed E-state index contributed by atoms with van der Waals surface area (Å²) in [6.45, 7) is 11.1. The second kappa shape index (κ2) is 5.93. The van der Waals surface area contributed by atoms with Crippen LogP contribution in [-0.4, -0.2) is 52.9 Å². The first-order valence-electron chi connectivity index (χ1n) is 7.09. The molecule has 0 radical (unpaired) electrons. The van der Waals surface area contributed by atoms with Gasteiger partial charge in [-0.15, -0.1) is 0 Å². The molecule has 2 rings (SSSR count). The highest BCUT2D eigenvalue weighted by Gasteiger charge is 2.28. The number of nitrogens with one attached hydrogen (secondary N) is 1. The Morgan fingerprint density at radius 2 is 2.30 bits per heavy atom. The summed E-state index contributed by atoms with van der Waals surface area (Å²) in [7, 11) is 0. The topological polar surface area (TPSA) is 59.4 Å². The third-order valence-corrected chi connectivity index (χ3v) is 3.49. The average Bonchev–Trinajstić information content (AvgIpc) is 2.87. The number of hydrogen-bond acceptors (Lipinski definition) is 4. The second-order valence-corrected chi connectivity index (χ2v) is 6.05. The molecule has 112 valence electrons. The lowest BCUT2D eigenvalue weighted by atomic mass is 10.1. The Morgan fingerprint density at radius 1 is 1.55 bits per heavy atom. The standard InChI is InChI=1S/C14H24N4O2/c1-5-17-6-7-20-10-12(17)13(19)16-11-8-15-18(9-11)14(2,3)4/h8-9,12H,5-7,10H2,1-4H3,(H,16,19). The van der Waals surface area contributed by atoms with Gasteiger partial charge in [-0.2, -0.15) is 5.10 Å². The molecule has 2 heterocycles. The van der Waals surface area contributed by atoms with E-state index in [0.29, 0.717) is 13.2 Å². The monoisotopic (exact) mass is 280 g/mol. The molecule has 0 saturated carbocycles. The summed E-state index contributed by atoms with van der Waals surface area (Å²) in [5.74, 6) is -0.0278. The summed E-state index contributed by atoms with van der Waals surface area (Å²) in [5, 5.41) is 7.21. The number of hydrogen-bond donors (Lipinski definition) is 1. The Hall–Kier alpha value is -1.40. The van der Waals surface area contributed by atoms with Crippen molar-refractivity contribution in [3.8, 4) is 0 Å². The van der Waals surface area contributed by atoms with Gasteiger partial charge in [0.25, 0.3) is 0 Å². The molecule has 0 bridgehead atoms. The maximum atomic E-state index is 12.3. The van der Waals surface area contributed by atoms with Crippen LogP contribution in [0.5, 0.6) is 0 Å². The zero-order chi connectivity index (χ0) is 14.8. The van der Waals surface area contributed by atoms with E-state index in [1.807, 2.05) is 10.9 Å². The molecule has 1 aliphatic rings. The van der Waals surface area contributed by atoms with Crippen LogP contribution in [0.25, 0.3) is 0 Å². The maximum Gasteiger partial charge on any atom is 0.244 e. The van der Waals surface area contributed by atoms with Crippen LogP contribution >= 0.6 is 0 Å². The first-order valence-corrected chi connectivity index (χ1v) is 7.09. The number of amides is 1. The van der Waals surface area contributed by atoms with Gasteiger partial charge in [-0.25, -0.2) is 0 Å². The lowest BCUT2D eigenvalue weighted by Crippen LogP contribution is -2.51. The molecule has 1 aromatic heterocycles. The summed E-state index contributed by atoms with van der Waals surface area (Å²) in [4.78, 5) is 14.5. The molecule has 1 unspecified atom stereocenters. The quantitative estimate of drug-likeness (QED) is 0.906. The van der Waals surface area contributed by atoms with Gasteiger partial charge in [-0.3, -0.25) is 14.4 Å². The Balaban J connectivity index is 2.02. The predicted molar refractivity (Wildman–Crippen MR) is 77.7 cm³/mol. The fourth-order valence-electron chi connectivity index (χ4n) is 2.24. The summed E-state index contributed by atoms with van der Waals surface area (Å²) < 4.78 is 7.25. The smallest absolute Gasteiger partial charge is 0.244 e. The van der Waals surface area contributed by atoms with E-state index in [0.717, 1.165) is 18.8 Å². The number of nitrogens with zero attached hydrogens (tertiary/aromatic N) is 3. The summed E-state index contributed by atoms with van der Waals surface area (Å²) in [6.07, 6.45) is 3.54. The Kier molecular flexibility index (Phi) is 4.45. The van der Waals surface area contributed by atoms with E-state index in [1.54, 1.807) is 6.20 Å². The molecule has 1 N–H and O–H groups in total. The summed E-state index contributed by atoms with van der Waals surface area (Å²) in [6, 6.07) is -0.216. The molecule has 6 heteroatoms. The van der Waals surface area contributed by atoms with Gasteiger partial charge in [0.1, 0.15) is 6.04 Å². The van der Waals surface area contributed by atoms with Gasteiger partial charge < -0.3 is 10.1 Å². The highest BCUT2D eigenvalue weighted by molar-refractivity contribution is 5.94. The first-order chi connectivity index (χ1) is 9.41. The number of ether oxygens (including phenoxy) is 1. The fourth-order valence-corrected chi connectivity index (χ4v) is 2.24. The van der Waals surface area contributed by atoms with E-state index in [9.17, 15) is 4.79 Å². The fraction of sp³-hybridized carbons (Fsp3) is 0.714. The van der Waals surface area contributed by atoms with Crippen molar-refractivity contribution in [3.05, 3.63) is 12.4 Å². The van der Waals surface area contributed by atoms with Crippen LogP contribution in [0.1, 0.15) is 27.7 Å². The van der Waals surface area contributed by atoms with E-state index in [1.165, 1.54) is 0 Å². The van der Waals surface area contributed by atoms with Crippen molar-refractivity contribution >= 4 is 11.6 Å². The number of rotatable bonds is 3. The normalized spacial score (nSPS) is 20.9. The van der Waals surface area contributed by atoms with Crippen LogP contribution in [-0.2, 0) is 15.1 Å². The van der Waals surface area contributed by atoms with Crippen LogP contribution in [0.3, 0.4) is 0 Å². The molecule has 1 saturated heterocycles. The van der Waals surface area contributed by atoms with Gasteiger partial charge in [0.05, 0.1) is 30.6 Å². The number of carbonyl (C=O) groups excluding carboxylic acids is 1. The third-order valence-electron chi connectivity index (χ3n) is 3.49. The van der Waals surface area contributed by atoms with E-state index < -0.39 is 0 Å². The number of aromatic nitrogens is 2. The van der Waals surface area contributed by atoms with Crippen molar-refractivity contribution in [2.24, 2.45) is 0 Å². The Bertz CT molecular complexity index is 464. The molecule has 1 aliphatic heterocycles. The highest BCUT2D eigenvalue weighted by atomic mass is 16.5. The van der Waals surface area contributed by atoms with Crippen LogP contribution in [0.15, 0.2) is 12.4 Å². The van der Waals surface area contributed by atoms with Gasteiger partial charge in [0.15, 0.2) is 0 Å². The van der Waals surface area contributed by atoms with Crippen LogP contribution in [0, 0.1) is 0 Å². The molecule has 1 fully saturated rings. The summed E-state index contributed by atoms with van der Waals surface area (Å²) in [5.41, 5.74) is 0.637. The lowest BCUT2D eigenvalue weighted by molar-refractivity contribution is -0.127. The van der Waals surface area contributed by atoms with Crippen LogP contribution in [0.4, 0.5) is 5.69 Å². The minimum Gasteiger partial charge on any atom is -0.378 e. The second-order valence-electron chi connectivity index (χ2n) is 6.05. The minimum absolute atomic E-state index is 0.0278. The van der Waals surface area contributed by atoms with Gasteiger partial charge >= 0.3 is 0 Å². The number of carbonyl (C=O) groups is 1. The van der Waals surface area contributed by atoms with Gasteiger partial charge in [-0.1, -0.05) is 6.92 Å². The molecule has 1 atom stereocenters. The SMILES string of the molecule is CCN1CCOCC1C(=O)Nc1cnn(C(C)(C)C)c1. The molecule has 1 aromatic rings. The molecular weight excluding hydrogens is 256 g/mol. The van der Waals surface area contributed by atoms with E-state index >= 15 is 0 Å². The van der Waals surface area contributed by atoms with Gasteiger partial charge in [-0.05, 0) is 27.3 Å². The minimum atomic E-state index is -0.216. The van der Waals surface area contributed by atoms with E-state index in [2.05, 4.69) is 43.0 Å². The molecule has 0 aromatic carbocycles. The van der Waals surface area contributed by atoms with Crippen molar-refractivity contribution < 1.29 is 9.53 Å². The molecule has 20 heavy (non-hydrogen) atoms. The third kappa shape index (κ3) is 3.37. The Labute approximate surface area is 120 Å². The molecule has 0 spiro atoms. The van der Waals surface area contributed by atoms with Crippen molar-refractivity contribution in [1.82, 2.24) is 14.7 Å². The first kappa shape index (κ1) is 15.0. The van der Waals surface area contributed by atoms with Crippen LogP contribution < -0.4 is 5.32 Å².